The van der Waals surface area contributed by atoms with E-state index in [-0.39, 0.29) is 12.5 Å². The van der Waals surface area contributed by atoms with Crippen molar-refractivity contribution < 1.29 is 9.53 Å². The highest BCUT2D eigenvalue weighted by Gasteiger charge is 2.19. The Hall–Kier alpha value is -3.38. The maximum absolute atomic E-state index is 12.2. The van der Waals surface area contributed by atoms with Crippen molar-refractivity contribution in [2.24, 2.45) is 7.05 Å². The normalized spacial score (nSPS) is 9.42. The van der Waals surface area contributed by atoms with Crippen molar-refractivity contribution in [1.82, 2.24) is 14.9 Å². The van der Waals surface area contributed by atoms with E-state index in [0.717, 1.165) is 11.3 Å². The second-order valence-electron chi connectivity index (χ2n) is 4.81. The van der Waals surface area contributed by atoms with Gasteiger partial charge in [-0.2, -0.15) is 0 Å². The molecule has 0 aliphatic rings. The molecule has 0 saturated carbocycles. The Morgan fingerprint density at radius 3 is 2.88 bits per heavy atom. The summed E-state index contributed by atoms with van der Waals surface area (Å²) in [7, 11) is 5.03. The third-order valence-electron chi connectivity index (χ3n) is 3.29. The van der Waals surface area contributed by atoms with Crippen LogP contribution in [-0.2, 0) is 7.05 Å². The quantitative estimate of drug-likeness (QED) is 0.831. The van der Waals surface area contributed by atoms with Crippen LogP contribution >= 0.6 is 0 Å². The van der Waals surface area contributed by atoms with Gasteiger partial charge in [-0.3, -0.25) is 4.79 Å². The average molecular weight is 322 g/mol. The summed E-state index contributed by atoms with van der Waals surface area (Å²) in [6, 6.07) is 7.41. The lowest BCUT2D eigenvalue weighted by molar-refractivity contribution is 0.0951. The fourth-order valence-electron chi connectivity index (χ4n) is 2.09. The second kappa shape index (κ2) is 7.75. The first kappa shape index (κ1) is 17.0. The summed E-state index contributed by atoms with van der Waals surface area (Å²) in [5.41, 5.74) is 1.17. The van der Waals surface area contributed by atoms with E-state index in [4.69, 9.17) is 11.2 Å². The van der Waals surface area contributed by atoms with Crippen molar-refractivity contribution in [3.05, 3.63) is 41.3 Å². The van der Waals surface area contributed by atoms with Gasteiger partial charge >= 0.3 is 0 Å². The molecule has 0 aliphatic heterocycles. The first-order valence-corrected chi connectivity index (χ1v) is 7.23. The first-order valence-electron chi connectivity index (χ1n) is 7.23. The largest absolute Gasteiger partial charge is 0.497 e. The number of imidazole rings is 1. The molecule has 2 rings (SSSR count). The molecule has 0 bridgehead atoms. The summed E-state index contributed by atoms with van der Waals surface area (Å²) in [4.78, 5) is 16.6. The number of amides is 1. The van der Waals surface area contributed by atoms with Crippen LogP contribution in [-0.4, -0.2) is 36.2 Å². The number of benzene rings is 1. The maximum Gasteiger partial charge on any atom is 0.272 e. The molecule has 0 radical (unpaired) electrons. The maximum atomic E-state index is 12.2. The number of ether oxygens (including phenoxy) is 1. The number of aromatic nitrogens is 2. The Morgan fingerprint density at radius 2 is 2.21 bits per heavy atom. The van der Waals surface area contributed by atoms with Gasteiger partial charge in [-0.15, -0.1) is 6.42 Å². The van der Waals surface area contributed by atoms with Gasteiger partial charge in [0.05, 0.1) is 13.7 Å². The Bertz CT molecular complexity index is 850. The molecule has 6 heteroatoms. The number of anilines is 1. The predicted molar refractivity (Wildman–Crippen MR) is 92.9 cm³/mol. The molecule has 1 amide bonds. The van der Waals surface area contributed by atoms with Crippen LogP contribution in [0.2, 0.25) is 0 Å². The highest BCUT2D eigenvalue weighted by molar-refractivity contribution is 5.97. The SMILES string of the molecule is C#CCNC(=O)c1c(NC)nc(C#Cc2cccc(OC)c2)n1C. The van der Waals surface area contributed by atoms with Gasteiger partial charge in [-0.1, -0.05) is 17.9 Å². The zero-order chi connectivity index (χ0) is 17.5. The molecule has 1 aromatic carbocycles. The molecule has 6 nitrogen and oxygen atoms in total. The molecule has 2 aromatic rings. The van der Waals surface area contributed by atoms with Crippen LogP contribution in [0, 0.1) is 24.2 Å². The molecule has 24 heavy (non-hydrogen) atoms. The molecule has 0 saturated heterocycles. The van der Waals surface area contributed by atoms with Gasteiger partial charge in [0.25, 0.3) is 5.91 Å². The fraction of sp³-hybridized carbons (Fsp3) is 0.222. The molecule has 0 fully saturated rings. The highest BCUT2D eigenvalue weighted by atomic mass is 16.5. The van der Waals surface area contributed by atoms with Gasteiger partial charge in [-0.05, 0) is 24.1 Å². The number of terminal acetylenes is 1. The smallest absolute Gasteiger partial charge is 0.272 e. The van der Waals surface area contributed by atoms with E-state index in [1.807, 2.05) is 24.3 Å². The minimum atomic E-state index is -0.304. The van der Waals surface area contributed by atoms with E-state index in [0.29, 0.717) is 17.3 Å². The molecule has 2 N–H and O–H groups in total. The van der Waals surface area contributed by atoms with Gasteiger partial charge in [0, 0.05) is 19.7 Å². The van der Waals surface area contributed by atoms with Crippen LogP contribution in [0.3, 0.4) is 0 Å². The number of carbonyl (C=O) groups is 1. The Kier molecular flexibility index (Phi) is 5.49. The second-order valence-corrected chi connectivity index (χ2v) is 4.81. The van der Waals surface area contributed by atoms with E-state index < -0.39 is 0 Å². The van der Waals surface area contributed by atoms with Crippen LogP contribution in [0.15, 0.2) is 24.3 Å². The Balaban J connectivity index is 2.36. The first-order chi connectivity index (χ1) is 11.6. The van der Waals surface area contributed by atoms with Gasteiger partial charge < -0.3 is 19.9 Å². The molecule has 1 aromatic heterocycles. The average Bonchev–Trinajstić information content (AvgIpc) is 2.93. The summed E-state index contributed by atoms with van der Waals surface area (Å²) >= 11 is 0. The molecule has 0 unspecified atom stereocenters. The molecule has 0 spiro atoms. The van der Waals surface area contributed by atoms with E-state index in [2.05, 4.69) is 33.4 Å². The van der Waals surface area contributed by atoms with Gasteiger partial charge in [0.2, 0.25) is 0 Å². The van der Waals surface area contributed by atoms with Crippen molar-refractivity contribution in [3.8, 4) is 29.9 Å². The molecular weight excluding hydrogens is 304 g/mol. The molecule has 0 atom stereocenters. The monoisotopic (exact) mass is 322 g/mol. The summed E-state index contributed by atoms with van der Waals surface area (Å²) in [6.45, 7) is 0.151. The molecular formula is C18H18N4O2. The number of hydrogen-bond acceptors (Lipinski definition) is 4. The lowest BCUT2D eigenvalue weighted by Gasteiger charge is -2.05. The van der Waals surface area contributed by atoms with Crippen molar-refractivity contribution >= 4 is 11.7 Å². The number of carbonyl (C=O) groups excluding carboxylic acids is 1. The third-order valence-corrected chi connectivity index (χ3v) is 3.29. The van der Waals surface area contributed by atoms with Crippen LogP contribution < -0.4 is 15.4 Å². The standard InChI is InChI=1S/C18H18N4O2/c1-5-11-20-18(23)16-17(19-2)21-15(22(16)3)10-9-13-7-6-8-14(12-13)24-4/h1,6-8,12,19H,11H2,2-4H3,(H,20,23). The molecule has 0 aliphatic carbocycles. The van der Waals surface area contributed by atoms with Gasteiger partial charge in [0.1, 0.15) is 5.75 Å². The Labute approximate surface area is 141 Å². The third kappa shape index (κ3) is 3.68. The topological polar surface area (TPSA) is 68.2 Å². The van der Waals surface area contributed by atoms with E-state index >= 15 is 0 Å². The summed E-state index contributed by atoms with van der Waals surface area (Å²) in [5.74, 6) is 9.70. The van der Waals surface area contributed by atoms with Crippen LogP contribution in [0.25, 0.3) is 0 Å². The zero-order valence-electron chi connectivity index (χ0n) is 13.8. The van der Waals surface area contributed by atoms with E-state index in [1.54, 1.807) is 25.8 Å². The molecule has 122 valence electrons. The Morgan fingerprint density at radius 1 is 1.42 bits per heavy atom. The lowest BCUT2D eigenvalue weighted by Crippen LogP contribution is -2.26. The van der Waals surface area contributed by atoms with Crippen LogP contribution in [0.5, 0.6) is 5.75 Å². The number of methoxy groups -OCH3 is 1. The van der Waals surface area contributed by atoms with Gasteiger partial charge in [-0.25, -0.2) is 4.98 Å². The highest BCUT2D eigenvalue weighted by Crippen LogP contribution is 2.16. The van der Waals surface area contributed by atoms with E-state index in [9.17, 15) is 4.79 Å². The number of rotatable bonds is 4. The minimum absolute atomic E-state index is 0.151. The fourth-order valence-corrected chi connectivity index (χ4v) is 2.09. The zero-order valence-corrected chi connectivity index (χ0v) is 13.8. The van der Waals surface area contributed by atoms with Crippen LogP contribution in [0.1, 0.15) is 21.9 Å². The van der Waals surface area contributed by atoms with Crippen molar-refractivity contribution in [1.29, 1.82) is 0 Å². The van der Waals surface area contributed by atoms with Crippen molar-refractivity contribution in [2.45, 2.75) is 0 Å². The molecule has 1 heterocycles. The summed E-state index contributed by atoms with van der Waals surface area (Å²) in [5, 5.41) is 5.52. The van der Waals surface area contributed by atoms with Crippen molar-refractivity contribution in [2.75, 3.05) is 26.0 Å². The summed E-state index contributed by atoms with van der Waals surface area (Å²) in [6.07, 6.45) is 5.17. The van der Waals surface area contributed by atoms with Gasteiger partial charge in [0.15, 0.2) is 17.3 Å². The van der Waals surface area contributed by atoms with Crippen molar-refractivity contribution in [3.63, 3.8) is 0 Å². The lowest BCUT2D eigenvalue weighted by atomic mass is 10.2. The summed E-state index contributed by atoms with van der Waals surface area (Å²) < 4.78 is 6.80. The van der Waals surface area contributed by atoms with E-state index in [1.165, 1.54) is 0 Å². The number of hydrogen-bond donors (Lipinski definition) is 2. The minimum Gasteiger partial charge on any atom is -0.497 e. The number of nitrogens with one attached hydrogen (secondary N) is 2. The predicted octanol–water partition coefficient (Wildman–Crippen LogP) is 1.23. The number of nitrogens with zero attached hydrogens (tertiary/aromatic N) is 2. The van der Waals surface area contributed by atoms with Crippen LogP contribution in [0.4, 0.5) is 5.82 Å².